The number of likely N-dealkylation sites (tertiary alicyclic amines) is 1. The first-order valence-electron chi connectivity index (χ1n) is 11.6. The molecule has 2 aromatic rings. The molecule has 176 valence electrons. The van der Waals surface area contributed by atoms with Crippen LogP contribution in [0.3, 0.4) is 0 Å². The van der Waals surface area contributed by atoms with Crippen molar-refractivity contribution in [1.29, 1.82) is 0 Å². The minimum absolute atomic E-state index is 0. The lowest BCUT2D eigenvalue weighted by Crippen LogP contribution is -2.54. The molecule has 0 spiro atoms. The molecule has 0 radical (unpaired) electrons. The number of hydrogen-bond donors (Lipinski definition) is 1. The summed E-state index contributed by atoms with van der Waals surface area (Å²) in [6.07, 6.45) is 8.79. The number of ether oxygens (including phenoxy) is 1. The minimum atomic E-state index is 0. The van der Waals surface area contributed by atoms with Crippen LogP contribution in [0.5, 0.6) is 0 Å². The Morgan fingerprint density at radius 3 is 2.59 bits per heavy atom. The van der Waals surface area contributed by atoms with Crippen LogP contribution in [0.25, 0.3) is 5.69 Å². The molecule has 7 nitrogen and oxygen atoms in total. The third-order valence-electron chi connectivity index (χ3n) is 6.50. The number of nitrogens with zero attached hydrogens (tertiary/aromatic N) is 5. The normalized spacial score (nSPS) is 18.9. The van der Waals surface area contributed by atoms with Gasteiger partial charge >= 0.3 is 0 Å². The summed E-state index contributed by atoms with van der Waals surface area (Å²) in [5.74, 6) is 0.958. The van der Waals surface area contributed by atoms with Crippen LogP contribution in [-0.2, 0) is 11.3 Å². The van der Waals surface area contributed by atoms with Gasteiger partial charge in [-0.2, -0.15) is 5.10 Å². The maximum absolute atomic E-state index is 5.69. The van der Waals surface area contributed by atoms with E-state index in [0.29, 0.717) is 0 Å². The molecule has 0 saturated carbocycles. The molecule has 2 fully saturated rings. The second-order valence-corrected chi connectivity index (χ2v) is 8.69. The highest BCUT2D eigenvalue weighted by Gasteiger charge is 2.39. The van der Waals surface area contributed by atoms with Crippen LogP contribution in [0.2, 0.25) is 0 Å². The second-order valence-electron chi connectivity index (χ2n) is 8.69. The summed E-state index contributed by atoms with van der Waals surface area (Å²) < 4.78 is 7.62. The van der Waals surface area contributed by atoms with Crippen LogP contribution in [0.1, 0.15) is 38.2 Å². The third kappa shape index (κ3) is 6.02. The summed E-state index contributed by atoms with van der Waals surface area (Å²) in [4.78, 5) is 10.00. The molecule has 2 aliphatic rings. The highest BCUT2D eigenvalue weighted by Crippen LogP contribution is 2.31. The van der Waals surface area contributed by atoms with Crippen molar-refractivity contribution in [3.05, 3.63) is 48.3 Å². The SMILES string of the molecule is CCNC(=NCC1(N2CCCC2)CCOCC1)N(C)Cc1cnn(-c2ccccc2)c1.I. The Hall–Kier alpha value is -1.65. The standard InChI is InChI=1S/C24H36N6O.HI/c1-3-25-23(26-20-24(11-15-31-16-12-24)29-13-7-8-14-29)28(2)18-21-17-27-30(19-21)22-9-5-4-6-10-22;/h4-6,9-10,17,19H,3,7-8,11-16,18,20H2,1-2H3,(H,25,26);1H. The van der Waals surface area contributed by atoms with E-state index >= 15 is 0 Å². The fourth-order valence-electron chi connectivity index (χ4n) is 4.72. The summed E-state index contributed by atoms with van der Waals surface area (Å²) in [5, 5.41) is 8.02. The van der Waals surface area contributed by atoms with Gasteiger partial charge in [0.2, 0.25) is 0 Å². The summed E-state index contributed by atoms with van der Waals surface area (Å²) in [5.41, 5.74) is 2.38. The molecule has 8 heteroatoms. The minimum Gasteiger partial charge on any atom is -0.381 e. The van der Waals surface area contributed by atoms with Crippen molar-refractivity contribution >= 4 is 29.9 Å². The van der Waals surface area contributed by atoms with Crippen molar-refractivity contribution in [3.63, 3.8) is 0 Å². The Morgan fingerprint density at radius 2 is 1.91 bits per heavy atom. The molecule has 0 unspecified atom stereocenters. The van der Waals surface area contributed by atoms with E-state index in [0.717, 1.165) is 62.9 Å². The number of hydrogen-bond acceptors (Lipinski definition) is 4. The topological polar surface area (TPSA) is 57.9 Å². The van der Waals surface area contributed by atoms with E-state index in [9.17, 15) is 0 Å². The quantitative estimate of drug-likeness (QED) is 0.324. The number of guanidine groups is 1. The van der Waals surface area contributed by atoms with Gasteiger partial charge in [-0.05, 0) is 57.8 Å². The van der Waals surface area contributed by atoms with Gasteiger partial charge in [0.05, 0.1) is 18.4 Å². The molecule has 1 aromatic carbocycles. The number of aromatic nitrogens is 2. The first-order valence-corrected chi connectivity index (χ1v) is 11.6. The molecule has 2 aliphatic heterocycles. The van der Waals surface area contributed by atoms with E-state index in [1.54, 1.807) is 0 Å². The highest BCUT2D eigenvalue weighted by atomic mass is 127. The fourth-order valence-corrected chi connectivity index (χ4v) is 4.72. The summed E-state index contributed by atoms with van der Waals surface area (Å²) in [7, 11) is 2.11. The van der Waals surface area contributed by atoms with E-state index in [2.05, 4.69) is 52.5 Å². The molecule has 32 heavy (non-hydrogen) atoms. The van der Waals surface area contributed by atoms with Gasteiger partial charge in [-0.15, -0.1) is 24.0 Å². The van der Waals surface area contributed by atoms with Crippen molar-refractivity contribution in [3.8, 4) is 5.69 Å². The zero-order valence-electron chi connectivity index (χ0n) is 19.4. The molecule has 1 N–H and O–H groups in total. The Bertz CT molecular complexity index is 843. The van der Waals surface area contributed by atoms with Crippen LogP contribution in [-0.4, -0.2) is 77.5 Å². The average molecular weight is 553 g/mol. The maximum Gasteiger partial charge on any atom is 0.194 e. The number of halogens is 1. The van der Waals surface area contributed by atoms with Crippen molar-refractivity contribution in [2.75, 3.05) is 46.4 Å². The van der Waals surface area contributed by atoms with Gasteiger partial charge in [0, 0.05) is 50.7 Å². The van der Waals surface area contributed by atoms with E-state index in [-0.39, 0.29) is 29.5 Å². The zero-order valence-corrected chi connectivity index (χ0v) is 21.7. The second kappa shape index (κ2) is 12.0. The third-order valence-corrected chi connectivity index (χ3v) is 6.50. The van der Waals surface area contributed by atoms with Crippen LogP contribution < -0.4 is 5.32 Å². The first-order chi connectivity index (χ1) is 15.2. The monoisotopic (exact) mass is 552 g/mol. The fraction of sp³-hybridized carbons (Fsp3) is 0.583. The molecule has 3 heterocycles. The maximum atomic E-state index is 5.69. The molecular weight excluding hydrogens is 515 g/mol. The number of aliphatic imine (C=N–C) groups is 1. The smallest absolute Gasteiger partial charge is 0.194 e. The number of benzene rings is 1. The number of para-hydroxylation sites is 1. The largest absolute Gasteiger partial charge is 0.381 e. The van der Waals surface area contributed by atoms with Gasteiger partial charge in [-0.1, -0.05) is 18.2 Å². The van der Waals surface area contributed by atoms with Crippen molar-refractivity contribution in [1.82, 2.24) is 24.9 Å². The molecule has 0 atom stereocenters. The Balaban J connectivity index is 0.00000289. The van der Waals surface area contributed by atoms with Crippen molar-refractivity contribution in [2.24, 2.45) is 4.99 Å². The van der Waals surface area contributed by atoms with E-state index in [1.807, 2.05) is 29.1 Å². The van der Waals surface area contributed by atoms with Crippen LogP contribution in [0.4, 0.5) is 0 Å². The molecule has 1 aromatic heterocycles. The molecular formula is C24H37IN6O. The van der Waals surface area contributed by atoms with Crippen LogP contribution >= 0.6 is 24.0 Å². The zero-order chi connectivity index (χ0) is 21.5. The molecule has 2 saturated heterocycles. The molecule has 0 aliphatic carbocycles. The lowest BCUT2D eigenvalue weighted by Gasteiger charge is -2.43. The predicted octanol–water partition coefficient (Wildman–Crippen LogP) is 3.53. The lowest BCUT2D eigenvalue weighted by atomic mass is 9.88. The van der Waals surface area contributed by atoms with Gasteiger partial charge in [0.1, 0.15) is 0 Å². The summed E-state index contributed by atoms with van der Waals surface area (Å²) in [6.45, 7) is 8.65. The van der Waals surface area contributed by atoms with E-state index < -0.39 is 0 Å². The lowest BCUT2D eigenvalue weighted by molar-refractivity contribution is -0.0139. The molecule has 0 amide bonds. The summed E-state index contributed by atoms with van der Waals surface area (Å²) in [6, 6.07) is 10.2. The van der Waals surface area contributed by atoms with Gasteiger partial charge in [0.15, 0.2) is 5.96 Å². The predicted molar refractivity (Wildman–Crippen MR) is 140 cm³/mol. The van der Waals surface area contributed by atoms with E-state index in [4.69, 9.17) is 9.73 Å². The van der Waals surface area contributed by atoms with Crippen molar-refractivity contribution in [2.45, 2.75) is 44.7 Å². The Kier molecular flexibility index (Phi) is 9.36. The van der Waals surface area contributed by atoms with Crippen LogP contribution in [0, 0.1) is 0 Å². The van der Waals surface area contributed by atoms with E-state index in [1.165, 1.54) is 25.9 Å². The first kappa shape index (κ1) is 25.0. The van der Waals surface area contributed by atoms with Gasteiger partial charge in [-0.3, -0.25) is 9.89 Å². The Morgan fingerprint density at radius 1 is 1.19 bits per heavy atom. The Labute approximate surface area is 209 Å². The average Bonchev–Trinajstić information content (AvgIpc) is 3.51. The van der Waals surface area contributed by atoms with Gasteiger partial charge < -0.3 is 15.0 Å². The van der Waals surface area contributed by atoms with Crippen LogP contribution in [0.15, 0.2) is 47.7 Å². The number of rotatable bonds is 7. The number of nitrogens with one attached hydrogen (secondary N) is 1. The van der Waals surface area contributed by atoms with Gasteiger partial charge in [0.25, 0.3) is 0 Å². The van der Waals surface area contributed by atoms with Gasteiger partial charge in [-0.25, -0.2) is 4.68 Å². The highest BCUT2D eigenvalue weighted by molar-refractivity contribution is 14.0. The molecule has 4 rings (SSSR count). The molecule has 0 bridgehead atoms. The summed E-state index contributed by atoms with van der Waals surface area (Å²) >= 11 is 0. The van der Waals surface area contributed by atoms with Crippen molar-refractivity contribution < 1.29 is 4.74 Å².